The number of nitrogens with one attached hydrogen (secondary N) is 1. The molecule has 3 rings (SSSR count). The average Bonchev–Trinajstić information content (AvgIpc) is 3.15. The highest BCUT2D eigenvalue weighted by Crippen LogP contribution is 2.35. The molecule has 0 aliphatic carbocycles. The Hall–Kier alpha value is -1.50. The van der Waals surface area contributed by atoms with Crippen LogP contribution < -0.4 is 10.6 Å². The van der Waals surface area contributed by atoms with Gasteiger partial charge in [0.1, 0.15) is 10.6 Å². The topological polar surface area (TPSA) is 54.4 Å². The van der Waals surface area contributed by atoms with Gasteiger partial charge in [-0.3, -0.25) is 0 Å². The maximum absolute atomic E-state index is 4.85. The van der Waals surface area contributed by atoms with E-state index >= 15 is 0 Å². The van der Waals surface area contributed by atoms with Gasteiger partial charge in [0, 0.05) is 17.8 Å². The second kappa shape index (κ2) is 7.40. The number of aryl methyl sites for hydroxylation is 2. The van der Waals surface area contributed by atoms with Gasteiger partial charge in [-0.2, -0.15) is 0 Å². The molecule has 3 heterocycles. The molecule has 3 aromatic rings. The van der Waals surface area contributed by atoms with Crippen molar-refractivity contribution in [3.8, 4) is 10.7 Å². The first-order chi connectivity index (χ1) is 11.8. The minimum Gasteiger partial charge on any atom is -0.369 e. The number of hydrogen-bond donors (Lipinski definition) is 2. The molecule has 0 fully saturated rings. The lowest BCUT2D eigenvalue weighted by atomic mass is 10.1. The minimum atomic E-state index is 0.287. The number of aromatic nitrogens is 2. The number of hydrogen-bond acceptors (Lipinski definition) is 5. The molecule has 0 atom stereocenters. The molecular weight excluding hydrogens is 348 g/mol. The summed E-state index contributed by atoms with van der Waals surface area (Å²) in [6.07, 6.45) is 1.11. The van der Waals surface area contributed by atoms with Gasteiger partial charge in [-0.05, 0) is 51.6 Å². The number of nitrogens with two attached hydrogens (primary N) is 1. The third-order valence-corrected chi connectivity index (χ3v) is 6.17. The van der Waals surface area contributed by atoms with E-state index in [4.69, 9.17) is 9.97 Å². The van der Waals surface area contributed by atoms with Crippen LogP contribution in [0.15, 0.2) is 17.5 Å². The largest absolute Gasteiger partial charge is 0.369 e. The van der Waals surface area contributed by atoms with Gasteiger partial charge in [0.25, 0.3) is 0 Å². The molecule has 0 aliphatic heterocycles. The van der Waals surface area contributed by atoms with Crippen molar-refractivity contribution in [2.75, 3.05) is 18.4 Å². The van der Waals surface area contributed by atoms with Gasteiger partial charge in [0.15, 0.2) is 5.82 Å². The van der Waals surface area contributed by atoms with Crippen molar-refractivity contribution in [2.24, 2.45) is 0 Å². The molecule has 3 N–H and O–H groups in total. The van der Waals surface area contributed by atoms with E-state index in [0.717, 1.165) is 40.9 Å². The van der Waals surface area contributed by atoms with Crippen molar-refractivity contribution >= 4 is 38.7 Å². The fourth-order valence-electron chi connectivity index (χ4n) is 2.74. The molecule has 3 aromatic heterocycles. The molecule has 0 spiro atoms. The number of anilines is 1. The number of quaternary nitrogens is 1. The molecule has 4 nitrogen and oxygen atoms in total. The van der Waals surface area contributed by atoms with Crippen molar-refractivity contribution in [1.82, 2.24) is 9.97 Å². The first-order valence-electron chi connectivity index (χ1n) is 8.75. The highest BCUT2D eigenvalue weighted by Gasteiger charge is 2.16. The zero-order valence-corrected chi connectivity index (χ0v) is 17.3. The minimum absolute atomic E-state index is 0.287. The SMILES string of the molecule is Cc1sc2nc(-c3cccs3)nc(NCCC[NH2+]C(C)(C)C)c2c1C. The summed E-state index contributed by atoms with van der Waals surface area (Å²) in [4.78, 5) is 13.2. The van der Waals surface area contributed by atoms with Crippen LogP contribution in [0.1, 0.15) is 37.6 Å². The van der Waals surface area contributed by atoms with Crippen molar-refractivity contribution in [2.45, 2.75) is 46.6 Å². The Morgan fingerprint density at radius 1 is 1.20 bits per heavy atom. The number of thiophene rings is 2. The first-order valence-corrected chi connectivity index (χ1v) is 10.4. The Morgan fingerprint density at radius 2 is 2.00 bits per heavy atom. The van der Waals surface area contributed by atoms with Gasteiger partial charge in [0.2, 0.25) is 0 Å². The van der Waals surface area contributed by atoms with E-state index in [1.54, 1.807) is 22.7 Å². The Labute approximate surface area is 157 Å². The number of rotatable bonds is 6. The summed E-state index contributed by atoms with van der Waals surface area (Å²) in [5, 5.41) is 9.22. The zero-order chi connectivity index (χ0) is 18.0. The molecule has 0 unspecified atom stereocenters. The standard InChI is InChI=1S/C19H26N4S2/c1-12-13(2)25-18-15(12)17(20-9-7-10-21-19(3,4)5)22-16(23-18)14-8-6-11-24-14/h6,8,11,21H,7,9-10H2,1-5H3,(H,20,22,23)/p+1. The third-order valence-electron chi connectivity index (χ3n) is 4.20. The lowest BCUT2D eigenvalue weighted by Crippen LogP contribution is -2.94. The molecule has 0 saturated carbocycles. The van der Waals surface area contributed by atoms with E-state index in [-0.39, 0.29) is 5.54 Å². The average molecular weight is 376 g/mol. The van der Waals surface area contributed by atoms with Crippen LogP contribution in [-0.4, -0.2) is 28.6 Å². The fraction of sp³-hybridized carbons (Fsp3) is 0.474. The van der Waals surface area contributed by atoms with E-state index in [0.29, 0.717) is 0 Å². The van der Waals surface area contributed by atoms with Gasteiger partial charge in [-0.25, -0.2) is 9.97 Å². The van der Waals surface area contributed by atoms with Crippen LogP contribution in [0.25, 0.3) is 20.9 Å². The Morgan fingerprint density at radius 3 is 2.68 bits per heavy atom. The molecule has 6 heteroatoms. The summed E-state index contributed by atoms with van der Waals surface area (Å²) in [6.45, 7) is 13.1. The quantitative estimate of drug-likeness (QED) is 0.635. The van der Waals surface area contributed by atoms with Crippen LogP contribution in [0.4, 0.5) is 5.82 Å². The summed E-state index contributed by atoms with van der Waals surface area (Å²) in [6, 6.07) is 4.13. The van der Waals surface area contributed by atoms with Crippen molar-refractivity contribution in [3.05, 3.63) is 28.0 Å². The number of nitrogens with zero attached hydrogens (tertiary/aromatic N) is 2. The van der Waals surface area contributed by atoms with Gasteiger partial charge < -0.3 is 10.6 Å². The van der Waals surface area contributed by atoms with Gasteiger partial charge >= 0.3 is 0 Å². The Balaban J connectivity index is 1.82. The van der Waals surface area contributed by atoms with Gasteiger partial charge in [-0.15, -0.1) is 22.7 Å². The predicted octanol–water partition coefficient (Wildman–Crippen LogP) is 4.20. The third kappa shape index (κ3) is 4.37. The maximum Gasteiger partial charge on any atom is 0.173 e. The highest BCUT2D eigenvalue weighted by atomic mass is 32.1. The normalized spacial score (nSPS) is 12.0. The molecule has 0 radical (unpaired) electrons. The molecule has 0 amide bonds. The lowest BCUT2D eigenvalue weighted by molar-refractivity contribution is -0.716. The van der Waals surface area contributed by atoms with Crippen LogP contribution in [0.3, 0.4) is 0 Å². The molecule has 134 valence electrons. The highest BCUT2D eigenvalue weighted by molar-refractivity contribution is 7.19. The monoisotopic (exact) mass is 375 g/mol. The van der Waals surface area contributed by atoms with E-state index in [1.165, 1.54) is 15.8 Å². The van der Waals surface area contributed by atoms with E-state index in [2.05, 4.69) is 56.7 Å². The van der Waals surface area contributed by atoms with E-state index in [9.17, 15) is 0 Å². The van der Waals surface area contributed by atoms with Crippen LogP contribution in [-0.2, 0) is 0 Å². The van der Waals surface area contributed by atoms with Crippen molar-refractivity contribution < 1.29 is 5.32 Å². The van der Waals surface area contributed by atoms with Gasteiger partial charge in [0.05, 0.1) is 22.3 Å². The van der Waals surface area contributed by atoms with E-state index in [1.807, 2.05) is 6.07 Å². The molecule has 0 saturated heterocycles. The van der Waals surface area contributed by atoms with Crippen LogP contribution in [0.2, 0.25) is 0 Å². The van der Waals surface area contributed by atoms with Crippen molar-refractivity contribution in [1.29, 1.82) is 0 Å². The van der Waals surface area contributed by atoms with Crippen LogP contribution in [0, 0.1) is 13.8 Å². The molecule has 0 bridgehead atoms. The summed E-state index contributed by atoms with van der Waals surface area (Å²) >= 11 is 3.44. The Kier molecular flexibility index (Phi) is 5.41. The molecule has 0 aromatic carbocycles. The summed E-state index contributed by atoms with van der Waals surface area (Å²) < 4.78 is 0. The van der Waals surface area contributed by atoms with Crippen LogP contribution in [0.5, 0.6) is 0 Å². The summed E-state index contributed by atoms with van der Waals surface area (Å²) in [7, 11) is 0. The van der Waals surface area contributed by atoms with E-state index < -0.39 is 0 Å². The Bertz CT molecular complexity index is 845. The summed E-state index contributed by atoms with van der Waals surface area (Å²) in [5.74, 6) is 1.80. The maximum atomic E-state index is 4.85. The fourth-order valence-corrected chi connectivity index (χ4v) is 4.42. The molecule has 0 aliphatic rings. The summed E-state index contributed by atoms with van der Waals surface area (Å²) in [5.41, 5.74) is 1.58. The predicted molar refractivity (Wildman–Crippen MR) is 110 cm³/mol. The zero-order valence-electron chi connectivity index (χ0n) is 15.6. The number of fused-ring (bicyclic) bond motifs is 1. The smallest absolute Gasteiger partial charge is 0.173 e. The van der Waals surface area contributed by atoms with Gasteiger partial charge in [-0.1, -0.05) is 6.07 Å². The lowest BCUT2D eigenvalue weighted by Gasteiger charge is -2.17. The van der Waals surface area contributed by atoms with Crippen molar-refractivity contribution in [3.63, 3.8) is 0 Å². The second-order valence-corrected chi connectivity index (χ2v) is 9.63. The molecule has 25 heavy (non-hydrogen) atoms. The van der Waals surface area contributed by atoms with Crippen LogP contribution >= 0.6 is 22.7 Å². The molecular formula is C19H27N4S2+. The second-order valence-electron chi connectivity index (χ2n) is 7.48. The first kappa shape index (κ1) is 18.3.